The fourth-order valence-corrected chi connectivity index (χ4v) is 4.08. The molecule has 6 nitrogen and oxygen atoms in total. The number of hydrogen-bond acceptors (Lipinski definition) is 5. The van der Waals surface area contributed by atoms with E-state index in [0.717, 1.165) is 31.4 Å². The SMILES string of the molecule is O=C(c1ccco1)N1CCC2OCCCC2(COCc2ccncc2)C1. The molecule has 1 amide bonds. The molecule has 138 valence electrons. The van der Waals surface area contributed by atoms with E-state index in [2.05, 4.69) is 4.98 Å². The van der Waals surface area contributed by atoms with Crippen molar-refractivity contribution in [2.24, 2.45) is 5.41 Å². The molecule has 2 aliphatic rings. The fraction of sp³-hybridized carbons (Fsp3) is 0.500. The van der Waals surface area contributed by atoms with Gasteiger partial charge in [0.05, 0.1) is 25.6 Å². The second-order valence-corrected chi connectivity index (χ2v) is 7.17. The van der Waals surface area contributed by atoms with Crippen LogP contribution in [0.15, 0.2) is 47.3 Å². The molecule has 2 fully saturated rings. The van der Waals surface area contributed by atoms with Crippen LogP contribution in [0.2, 0.25) is 0 Å². The molecule has 0 bridgehead atoms. The highest BCUT2D eigenvalue weighted by atomic mass is 16.5. The normalized spacial score (nSPS) is 25.7. The Hall–Kier alpha value is -2.18. The van der Waals surface area contributed by atoms with Crippen molar-refractivity contribution in [3.05, 3.63) is 54.2 Å². The number of hydrogen-bond donors (Lipinski definition) is 0. The number of furan rings is 1. The quantitative estimate of drug-likeness (QED) is 0.824. The topological polar surface area (TPSA) is 64.8 Å². The van der Waals surface area contributed by atoms with Crippen LogP contribution in [-0.4, -0.2) is 48.2 Å². The summed E-state index contributed by atoms with van der Waals surface area (Å²) >= 11 is 0. The third kappa shape index (κ3) is 3.52. The number of carbonyl (C=O) groups excluding carboxylic acids is 1. The first-order chi connectivity index (χ1) is 12.8. The monoisotopic (exact) mass is 356 g/mol. The lowest BCUT2D eigenvalue weighted by Crippen LogP contribution is -2.58. The van der Waals surface area contributed by atoms with Gasteiger partial charge in [0.2, 0.25) is 0 Å². The number of rotatable bonds is 5. The predicted octanol–water partition coefficient (Wildman–Crippen LogP) is 2.90. The van der Waals surface area contributed by atoms with Crippen LogP contribution in [0.1, 0.15) is 35.4 Å². The Bertz CT molecular complexity index is 719. The molecule has 0 radical (unpaired) electrons. The van der Waals surface area contributed by atoms with Gasteiger partial charge in [-0.15, -0.1) is 0 Å². The molecule has 2 atom stereocenters. The van der Waals surface area contributed by atoms with Crippen LogP contribution >= 0.6 is 0 Å². The first-order valence-corrected chi connectivity index (χ1v) is 9.18. The maximum atomic E-state index is 12.7. The molecule has 0 spiro atoms. The lowest BCUT2D eigenvalue weighted by atomic mass is 9.73. The van der Waals surface area contributed by atoms with Crippen molar-refractivity contribution in [1.82, 2.24) is 9.88 Å². The van der Waals surface area contributed by atoms with E-state index in [1.807, 2.05) is 17.0 Å². The molecule has 6 heteroatoms. The zero-order chi connectivity index (χ0) is 17.8. The van der Waals surface area contributed by atoms with Crippen LogP contribution in [0.3, 0.4) is 0 Å². The number of carbonyl (C=O) groups is 1. The molecule has 0 aromatic carbocycles. The van der Waals surface area contributed by atoms with Gasteiger partial charge in [0.15, 0.2) is 5.76 Å². The van der Waals surface area contributed by atoms with E-state index >= 15 is 0 Å². The Morgan fingerprint density at radius 2 is 2.23 bits per heavy atom. The molecule has 2 saturated heterocycles. The van der Waals surface area contributed by atoms with Crippen molar-refractivity contribution in [1.29, 1.82) is 0 Å². The van der Waals surface area contributed by atoms with Gasteiger partial charge in [-0.1, -0.05) is 0 Å². The summed E-state index contributed by atoms with van der Waals surface area (Å²) in [7, 11) is 0. The number of pyridine rings is 1. The lowest BCUT2D eigenvalue weighted by molar-refractivity contribution is -0.149. The number of amides is 1. The lowest BCUT2D eigenvalue weighted by Gasteiger charge is -2.50. The van der Waals surface area contributed by atoms with Gasteiger partial charge < -0.3 is 18.8 Å². The number of nitrogens with zero attached hydrogens (tertiary/aromatic N) is 2. The maximum Gasteiger partial charge on any atom is 0.289 e. The number of piperidine rings is 1. The molecule has 2 aromatic heterocycles. The molecule has 2 aromatic rings. The van der Waals surface area contributed by atoms with E-state index in [9.17, 15) is 4.79 Å². The highest BCUT2D eigenvalue weighted by Gasteiger charge is 2.47. The fourth-order valence-electron chi connectivity index (χ4n) is 4.08. The summed E-state index contributed by atoms with van der Waals surface area (Å²) in [6, 6.07) is 7.38. The summed E-state index contributed by atoms with van der Waals surface area (Å²) in [5.74, 6) is 0.348. The first kappa shape index (κ1) is 17.2. The minimum atomic E-state index is -0.147. The zero-order valence-corrected chi connectivity index (χ0v) is 14.8. The second kappa shape index (κ2) is 7.60. The van der Waals surface area contributed by atoms with Crippen LogP contribution in [0.4, 0.5) is 0 Å². The molecule has 2 aliphatic heterocycles. The average Bonchev–Trinajstić information content (AvgIpc) is 3.22. The van der Waals surface area contributed by atoms with Gasteiger partial charge in [-0.25, -0.2) is 0 Å². The van der Waals surface area contributed by atoms with Crippen molar-refractivity contribution in [3.8, 4) is 0 Å². The van der Waals surface area contributed by atoms with Crippen molar-refractivity contribution in [2.75, 3.05) is 26.3 Å². The van der Waals surface area contributed by atoms with E-state index in [0.29, 0.717) is 32.1 Å². The number of likely N-dealkylation sites (tertiary alicyclic amines) is 1. The molecule has 26 heavy (non-hydrogen) atoms. The first-order valence-electron chi connectivity index (χ1n) is 9.18. The minimum Gasteiger partial charge on any atom is -0.459 e. The van der Waals surface area contributed by atoms with Crippen LogP contribution in [-0.2, 0) is 16.1 Å². The predicted molar refractivity (Wildman–Crippen MR) is 94.5 cm³/mol. The van der Waals surface area contributed by atoms with Crippen LogP contribution in [0.25, 0.3) is 0 Å². The summed E-state index contributed by atoms with van der Waals surface area (Å²) in [6.07, 6.45) is 8.08. The van der Waals surface area contributed by atoms with Crippen LogP contribution in [0.5, 0.6) is 0 Å². The minimum absolute atomic E-state index is 0.0486. The highest BCUT2D eigenvalue weighted by Crippen LogP contribution is 2.41. The van der Waals surface area contributed by atoms with E-state index in [4.69, 9.17) is 13.9 Å². The Balaban J connectivity index is 1.45. The Morgan fingerprint density at radius 3 is 3.04 bits per heavy atom. The number of fused-ring (bicyclic) bond motifs is 1. The van der Waals surface area contributed by atoms with Gasteiger partial charge in [0, 0.05) is 37.5 Å². The van der Waals surface area contributed by atoms with Crippen LogP contribution < -0.4 is 0 Å². The molecule has 4 rings (SSSR count). The van der Waals surface area contributed by atoms with Crippen molar-refractivity contribution < 1.29 is 18.7 Å². The molecule has 4 heterocycles. The Morgan fingerprint density at radius 1 is 1.35 bits per heavy atom. The third-order valence-electron chi connectivity index (χ3n) is 5.41. The van der Waals surface area contributed by atoms with Crippen LogP contribution in [0, 0.1) is 5.41 Å². The Labute approximate surface area is 153 Å². The van der Waals surface area contributed by atoms with Gasteiger partial charge in [0.25, 0.3) is 5.91 Å². The van der Waals surface area contributed by atoms with Gasteiger partial charge in [0.1, 0.15) is 0 Å². The molecule has 2 unspecified atom stereocenters. The molecule has 0 N–H and O–H groups in total. The zero-order valence-electron chi connectivity index (χ0n) is 14.8. The molecule has 0 aliphatic carbocycles. The van der Waals surface area contributed by atoms with Crippen molar-refractivity contribution >= 4 is 5.91 Å². The average molecular weight is 356 g/mol. The van der Waals surface area contributed by atoms with Gasteiger partial charge >= 0.3 is 0 Å². The number of aromatic nitrogens is 1. The molecule has 0 saturated carbocycles. The van der Waals surface area contributed by atoms with Crippen molar-refractivity contribution in [2.45, 2.75) is 32.0 Å². The molecular weight excluding hydrogens is 332 g/mol. The van der Waals surface area contributed by atoms with Gasteiger partial charge in [-0.3, -0.25) is 9.78 Å². The molecular formula is C20H24N2O4. The standard InChI is InChI=1S/C20H24N2O4/c23-19(17-3-1-11-25-17)22-10-6-18-20(14-22,7-2-12-26-18)15-24-13-16-4-8-21-9-5-16/h1,3-5,8-9,11,18H,2,6-7,10,12-15H2. The largest absolute Gasteiger partial charge is 0.459 e. The summed E-state index contributed by atoms with van der Waals surface area (Å²) < 4.78 is 17.4. The Kier molecular flexibility index (Phi) is 5.04. The summed E-state index contributed by atoms with van der Waals surface area (Å²) in [5.41, 5.74) is 0.954. The van der Waals surface area contributed by atoms with Crippen molar-refractivity contribution in [3.63, 3.8) is 0 Å². The second-order valence-electron chi connectivity index (χ2n) is 7.17. The number of ether oxygens (including phenoxy) is 2. The van der Waals surface area contributed by atoms with E-state index in [1.54, 1.807) is 24.5 Å². The van der Waals surface area contributed by atoms with E-state index in [1.165, 1.54) is 6.26 Å². The maximum absolute atomic E-state index is 12.7. The van der Waals surface area contributed by atoms with Gasteiger partial charge in [-0.2, -0.15) is 0 Å². The van der Waals surface area contributed by atoms with E-state index < -0.39 is 0 Å². The van der Waals surface area contributed by atoms with E-state index in [-0.39, 0.29) is 17.4 Å². The smallest absolute Gasteiger partial charge is 0.289 e. The third-order valence-corrected chi connectivity index (χ3v) is 5.41. The summed E-state index contributed by atoms with van der Waals surface area (Å²) in [4.78, 5) is 18.6. The highest BCUT2D eigenvalue weighted by molar-refractivity contribution is 5.91. The summed E-state index contributed by atoms with van der Waals surface area (Å²) in [6.45, 7) is 3.26. The van der Waals surface area contributed by atoms with Gasteiger partial charge in [-0.05, 0) is 49.1 Å². The summed E-state index contributed by atoms with van der Waals surface area (Å²) in [5, 5.41) is 0.